The SMILES string of the molecule is O=CC(OC(=O)c1cc(O)c(O)c(O)c1Oc1cc2c(c(O)c1O)-c1c(cc(O)c(O)c1O)C(=O)OC1C(COC2=O)OC(OC(=O)c2cc(O)c(O)c(O)c2)C(OC(=O)c2cc(O)c(O)c(O)c2)C1OC(=O)c1cc(O)c(O)c(O)c1)C(OC(=O)c1cc(O)c(O)c(O)c1)C1OC(=O)c2cc(c(O)c(O)c2O)-c2c(cc(O)c(O)c2O)C(=O)OCC1O. The summed E-state index contributed by atoms with van der Waals surface area (Å²) >= 11 is 0. The number of aliphatic hydroxyl groups is 1. The molecule has 0 aliphatic carbocycles. The first-order valence-corrected chi connectivity index (χ1v) is 33.8. The molecule has 48 nitrogen and oxygen atoms in total. The summed E-state index contributed by atoms with van der Waals surface area (Å²) < 4.78 is 61.0. The summed E-state index contributed by atoms with van der Waals surface area (Å²) in [7, 11) is 0. The lowest BCUT2D eigenvalue weighted by Gasteiger charge is -2.43. The van der Waals surface area contributed by atoms with Gasteiger partial charge >= 0.3 is 53.7 Å². The van der Waals surface area contributed by atoms with Crippen molar-refractivity contribution in [2.24, 2.45) is 0 Å². The molecule has 1 fully saturated rings. The van der Waals surface area contributed by atoms with E-state index in [4.69, 9.17) is 52.1 Å². The van der Waals surface area contributed by atoms with E-state index in [2.05, 4.69) is 0 Å². The van der Waals surface area contributed by atoms with Gasteiger partial charge in [-0.1, -0.05) is 0 Å². The molecule has 3 heterocycles. The van der Waals surface area contributed by atoms with E-state index in [-0.39, 0.29) is 18.2 Å². The second-order valence-electron chi connectivity index (χ2n) is 26.1. The van der Waals surface area contributed by atoms with Crippen molar-refractivity contribution in [3.05, 3.63) is 129 Å². The summed E-state index contributed by atoms with van der Waals surface area (Å²) in [5.41, 5.74) is -16.1. The molecule has 0 amide bonds. The molecule has 3 aliphatic heterocycles. The van der Waals surface area contributed by atoms with Crippen LogP contribution >= 0.6 is 0 Å². The maximum atomic E-state index is 15.2. The number of carbonyl (C=O) groups is 10. The molecule has 642 valence electrons. The number of aliphatic hydroxyl groups excluding tert-OH is 1. The average molecular weight is 1720 g/mol. The van der Waals surface area contributed by atoms with Crippen LogP contribution in [0.2, 0.25) is 0 Å². The van der Waals surface area contributed by atoms with Gasteiger partial charge in [0.1, 0.15) is 36.5 Å². The minimum atomic E-state index is -3.12. The minimum absolute atomic E-state index is 0.0684. The van der Waals surface area contributed by atoms with E-state index in [1.165, 1.54) is 0 Å². The zero-order valence-electron chi connectivity index (χ0n) is 60.3. The summed E-state index contributed by atoms with van der Waals surface area (Å²) in [6, 6.07) is 4.34. The molecule has 0 aromatic heterocycles. The van der Waals surface area contributed by atoms with Crippen LogP contribution in [-0.2, 0) is 52.2 Å². The number of benzene rings is 9. The van der Waals surface area contributed by atoms with E-state index in [0.29, 0.717) is 60.7 Å². The first-order valence-electron chi connectivity index (χ1n) is 33.8. The standard InChI is InChI=1S/C75H54O48/c76-14-40(62(119-66(104)17-1-27(77)47(91)28(78)2-17)61-38(88)15-113-70(108)22-10-35(85)51(95)55(99)42(22)21-9-25(73(111)118-61)46(90)58(102)45(21)89)116-74(112)26-12-37(87)53(97)59(103)60(26)115-39-13-24-44(57(101)54(39)98)43-23(11-36(86)52(96)56(43)100)72(110)120-63-41(16-114-71(24)109)117-75(123-69(107)20-7-33(83)50(94)34(84)8-20)65(122-68(106)19-5-31(81)49(93)32(82)6-19)64(63)121-67(105)18-3-29(79)48(92)30(80)4-18/h1-14,38,40-41,61-65,75,77-103H,15-16H2. The molecule has 0 radical (unpaired) electrons. The number of rotatable bonds is 15. The van der Waals surface area contributed by atoms with Crippen LogP contribution in [0.15, 0.2) is 78.9 Å². The second-order valence-corrected chi connectivity index (χ2v) is 26.1. The Labute approximate surface area is 676 Å². The van der Waals surface area contributed by atoms with Gasteiger partial charge < -0.3 is 190 Å². The average Bonchev–Trinajstić information content (AvgIpc) is 1.73. The van der Waals surface area contributed by atoms with Gasteiger partial charge in [-0.2, -0.15) is 0 Å². The number of phenolic OH excluding ortho intramolecular Hbond substituents is 26. The van der Waals surface area contributed by atoms with Gasteiger partial charge in [0.05, 0.1) is 38.9 Å². The fraction of sp³-hybridized carbons (Fsp3) is 0.147. The number of carbonyl (C=O) groups excluding carboxylic acids is 10. The quantitative estimate of drug-likeness (QED) is 0.0303. The number of hydrogen-bond donors (Lipinski definition) is 27. The normalized spacial score (nSPS) is 17.9. The molecule has 3 aliphatic rings. The van der Waals surface area contributed by atoms with Crippen molar-refractivity contribution in [1.29, 1.82) is 0 Å². The Morgan fingerprint density at radius 2 is 0.740 bits per heavy atom. The van der Waals surface area contributed by atoms with Crippen LogP contribution in [0.1, 0.15) is 93.2 Å². The Hall–Kier alpha value is -17.6. The van der Waals surface area contributed by atoms with Crippen molar-refractivity contribution < 1.29 is 238 Å². The first kappa shape index (κ1) is 84.8. The monoisotopic (exact) mass is 1720 g/mol. The molecule has 9 atom stereocenters. The van der Waals surface area contributed by atoms with Crippen LogP contribution in [0.25, 0.3) is 22.3 Å². The Morgan fingerprint density at radius 3 is 1.23 bits per heavy atom. The predicted molar refractivity (Wildman–Crippen MR) is 381 cm³/mol. The fourth-order valence-corrected chi connectivity index (χ4v) is 12.4. The lowest BCUT2D eigenvalue weighted by atomic mass is 9.91. The molecule has 27 N–H and O–H groups in total. The lowest BCUT2D eigenvalue weighted by Crippen LogP contribution is -2.63. The minimum Gasteiger partial charge on any atom is -0.504 e. The van der Waals surface area contributed by atoms with Crippen LogP contribution in [0.5, 0.6) is 161 Å². The van der Waals surface area contributed by atoms with E-state index in [0.717, 1.165) is 0 Å². The van der Waals surface area contributed by atoms with Crippen LogP contribution < -0.4 is 4.74 Å². The summed E-state index contributed by atoms with van der Waals surface area (Å²) in [6.07, 6.45) is -26.4. The smallest absolute Gasteiger partial charge is 0.343 e. The Kier molecular flexibility index (Phi) is 22.1. The molecule has 123 heavy (non-hydrogen) atoms. The Balaban J connectivity index is 0.969. The van der Waals surface area contributed by atoms with Gasteiger partial charge in [0.25, 0.3) is 0 Å². The highest BCUT2D eigenvalue weighted by Gasteiger charge is 2.56. The lowest BCUT2D eigenvalue weighted by molar-refractivity contribution is -0.282. The number of cyclic esters (lactones) is 3. The van der Waals surface area contributed by atoms with Crippen LogP contribution in [0, 0.1) is 0 Å². The maximum Gasteiger partial charge on any atom is 0.343 e. The van der Waals surface area contributed by atoms with Gasteiger partial charge in [-0.15, -0.1) is 0 Å². The van der Waals surface area contributed by atoms with Gasteiger partial charge in [0.2, 0.25) is 46.9 Å². The van der Waals surface area contributed by atoms with Crippen molar-refractivity contribution in [2.75, 3.05) is 13.2 Å². The van der Waals surface area contributed by atoms with E-state index in [1.807, 2.05) is 0 Å². The van der Waals surface area contributed by atoms with E-state index in [9.17, 15) is 176 Å². The number of hydrogen-bond acceptors (Lipinski definition) is 48. The third-order valence-corrected chi connectivity index (χ3v) is 18.5. The molecule has 0 spiro atoms. The highest BCUT2D eigenvalue weighted by atomic mass is 16.8. The molecule has 48 heteroatoms. The number of aromatic hydroxyl groups is 26. The van der Waals surface area contributed by atoms with Crippen molar-refractivity contribution in [2.45, 2.75) is 55.1 Å². The third kappa shape index (κ3) is 15.4. The molecule has 1 saturated heterocycles. The topological polar surface area (TPSA) is 818 Å². The molecule has 9 unspecified atom stereocenters. The second kappa shape index (κ2) is 32.1. The molecule has 9 aromatic carbocycles. The number of aldehydes is 1. The van der Waals surface area contributed by atoms with Crippen LogP contribution in [-0.4, -0.2) is 266 Å². The van der Waals surface area contributed by atoms with Gasteiger partial charge in [-0.25, -0.2) is 43.2 Å². The summed E-state index contributed by atoms with van der Waals surface area (Å²) in [5, 5.41) is 292. The zero-order valence-corrected chi connectivity index (χ0v) is 60.3. The highest BCUT2D eigenvalue weighted by Crippen LogP contribution is 2.58. The number of esters is 9. The van der Waals surface area contributed by atoms with Crippen LogP contribution in [0.3, 0.4) is 0 Å². The van der Waals surface area contributed by atoms with Gasteiger partial charge in [-0.05, 0) is 66.7 Å². The predicted octanol–water partition coefficient (Wildman–Crippen LogP) is 2.59. The summed E-state index contributed by atoms with van der Waals surface area (Å²) in [5.74, 6) is -59.5. The number of ether oxygens (including phenoxy) is 11. The Bertz CT molecular complexity index is 5950. The van der Waals surface area contributed by atoms with Gasteiger partial charge in [0.15, 0.2) is 163 Å². The molecule has 9 aromatic rings. The van der Waals surface area contributed by atoms with Crippen molar-refractivity contribution >= 4 is 60.0 Å². The Morgan fingerprint density at radius 1 is 0.350 bits per heavy atom. The molecule has 2 bridgehead atoms. The molecular weight excluding hydrogens is 1670 g/mol. The largest absolute Gasteiger partial charge is 0.504 e. The molecule has 0 saturated carbocycles. The molecule has 12 rings (SSSR count). The van der Waals surface area contributed by atoms with Crippen molar-refractivity contribution in [3.63, 3.8) is 0 Å². The highest BCUT2D eigenvalue weighted by molar-refractivity contribution is 6.09. The van der Waals surface area contributed by atoms with Crippen LogP contribution in [0.4, 0.5) is 0 Å². The number of fused-ring (bicyclic) bond motifs is 8. The zero-order chi connectivity index (χ0) is 90.2. The molecular formula is C75H54O48. The summed E-state index contributed by atoms with van der Waals surface area (Å²) in [4.78, 5) is 144. The third-order valence-electron chi connectivity index (χ3n) is 18.5. The van der Waals surface area contributed by atoms with E-state index >= 15 is 9.59 Å². The van der Waals surface area contributed by atoms with Crippen molar-refractivity contribution in [1.82, 2.24) is 0 Å². The van der Waals surface area contributed by atoms with E-state index < -0.39 is 362 Å². The van der Waals surface area contributed by atoms with Gasteiger partial charge in [-0.3, -0.25) is 4.79 Å². The fourth-order valence-electron chi connectivity index (χ4n) is 12.4. The van der Waals surface area contributed by atoms with Crippen molar-refractivity contribution in [3.8, 4) is 183 Å². The first-order chi connectivity index (χ1) is 57.8. The maximum absolute atomic E-state index is 15.2. The number of phenols is 26. The van der Waals surface area contributed by atoms with Gasteiger partial charge in [0, 0.05) is 34.4 Å². The van der Waals surface area contributed by atoms with E-state index in [1.54, 1.807) is 0 Å². The summed E-state index contributed by atoms with van der Waals surface area (Å²) in [6.45, 7) is -3.29.